The molecule has 0 bridgehead atoms. The number of hydrogen-bond acceptors (Lipinski definition) is 3. The third-order valence-corrected chi connectivity index (χ3v) is 5.73. The van der Waals surface area contributed by atoms with Crippen LogP contribution in [0.4, 0.5) is 0 Å². The Labute approximate surface area is 117 Å². The molecule has 18 heavy (non-hydrogen) atoms. The predicted octanol–water partition coefficient (Wildman–Crippen LogP) is 2.98. The lowest BCUT2D eigenvalue weighted by molar-refractivity contribution is 0.147. The number of thioether (sulfide) groups is 1. The van der Waals surface area contributed by atoms with Crippen molar-refractivity contribution in [2.45, 2.75) is 58.0 Å². The van der Waals surface area contributed by atoms with Crippen LogP contribution in [-0.4, -0.2) is 48.1 Å². The molecule has 0 radical (unpaired) electrons. The highest BCUT2D eigenvalue weighted by Crippen LogP contribution is 2.27. The van der Waals surface area contributed by atoms with Gasteiger partial charge in [-0.15, -0.1) is 0 Å². The third kappa shape index (κ3) is 4.14. The second kappa shape index (κ2) is 7.76. The van der Waals surface area contributed by atoms with Crippen LogP contribution in [0.25, 0.3) is 0 Å². The SMILES string of the molecule is CCCNC1CCCCC1CN1CCSCC1C. The molecular formula is C15H30N2S. The topological polar surface area (TPSA) is 15.3 Å². The maximum absolute atomic E-state index is 3.79. The van der Waals surface area contributed by atoms with Crippen LogP contribution in [-0.2, 0) is 0 Å². The summed E-state index contributed by atoms with van der Waals surface area (Å²) < 4.78 is 0. The van der Waals surface area contributed by atoms with E-state index in [9.17, 15) is 0 Å². The van der Waals surface area contributed by atoms with Crippen LogP contribution in [0.2, 0.25) is 0 Å². The molecule has 1 aliphatic heterocycles. The lowest BCUT2D eigenvalue weighted by Crippen LogP contribution is -2.49. The quantitative estimate of drug-likeness (QED) is 0.827. The van der Waals surface area contributed by atoms with E-state index in [1.54, 1.807) is 0 Å². The first-order chi connectivity index (χ1) is 8.81. The Morgan fingerprint density at radius 2 is 2.11 bits per heavy atom. The van der Waals surface area contributed by atoms with E-state index in [-0.39, 0.29) is 0 Å². The van der Waals surface area contributed by atoms with Crippen molar-refractivity contribution in [3.8, 4) is 0 Å². The second-order valence-corrected chi connectivity index (χ2v) is 7.17. The standard InChI is InChI=1S/C15H30N2S/c1-3-8-16-15-7-5-4-6-14(15)11-17-9-10-18-12-13(17)2/h13-16H,3-12H2,1-2H3. The Hall–Kier alpha value is 0.270. The van der Waals surface area contributed by atoms with Gasteiger partial charge in [-0.1, -0.05) is 19.8 Å². The molecule has 106 valence electrons. The molecule has 3 atom stereocenters. The average Bonchev–Trinajstić information content (AvgIpc) is 2.40. The van der Waals surface area contributed by atoms with Crippen LogP contribution >= 0.6 is 11.8 Å². The first-order valence-corrected chi connectivity index (χ1v) is 9.02. The first kappa shape index (κ1) is 14.7. The highest BCUT2D eigenvalue weighted by molar-refractivity contribution is 7.99. The van der Waals surface area contributed by atoms with Crippen LogP contribution in [0.3, 0.4) is 0 Å². The molecule has 2 nitrogen and oxygen atoms in total. The van der Waals surface area contributed by atoms with Gasteiger partial charge in [0.15, 0.2) is 0 Å². The van der Waals surface area contributed by atoms with Gasteiger partial charge in [0.2, 0.25) is 0 Å². The van der Waals surface area contributed by atoms with Crippen LogP contribution in [0, 0.1) is 5.92 Å². The summed E-state index contributed by atoms with van der Waals surface area (Å²) in [4.78, 5) is 2.74. The van der Waals surface area contributed by atoms with Crippen LogP contribution < -0.4 is 5.32 Å². The van der Waals surface area contributed by atoms with Gasteiger partial charge in [0.1, 0.15) is 0 Å². The lowest BCUT2D eigenvalue weighted by Gasteiger charge is -2.40. The van der Waals surface area contributed by atoms with Crippen molar-refractivity contribution in [3.05, 3.63) is 0 Å². The van der Waals surface area contributed by atoms with Crippen molar-refractivity contribution in [1.29, 1.82) is 0 Å². The Morgan fingerprint density at radius 1 is 1.28 bits per heavy atom. The van der Waals surface area contributed by atoms with Crippen LogP contribution in [0.5, 0.6) is 0 Å². The number of rotatable bonds is 5. The van der Waals surface area contributed by atoms with Gasteiger partial charge in [-0.25, -0.2) is 0 Å². The first-order valence-electron chi connectivity index (χ1n) is 7.86. The minimum atomic E-state index is 0.789. The molecule has 0 spiro atoms. The smallest absolute Gasteiger partial charge is 0.0158 e. The largest absolute Gasteiger partial charge is 0.314 e. The molecule has 1 saturated carbocycles. The van der Waals surface area contributed by atoms with Crippen LogP contribution in [0.15, 0.2) is 0 Å². The van der Waals surface area contributed by atoms with Crippen molar-refractivity contribution < 1.29 is 0 Å². The third-order valence-electron chi connectivity index (χ3n) is 4.54. The zero-order valence-electron chi connectivity index (χ0n) is 12.2. The van der Waals surface area contributed by atoms with E-state index in [0.717, 1.165) is 18.0 Å². The summed E-state index contributed by atoms with van der Waals surface area (Å²) in [5.74, 6) is 3.57. The molecular weight excluding hydrogens is 240 g/mol. The fourth-order valence-corrected chi connectivity index (χ4v) is 4.44. The minimum Gasteiger partial charge on any atom is -0.314 e. The van der Waals surface area contributed by atoms with Gasteiger partial charge in [0.25, 0.3) is 0 Å². The normalized spacial score (nSPS) is 34.7. The molecule has 2 aliphatic rings. The Morgan fingerprint density at radius 3 is 2.89 bits per heavy atom. The summed E-state index contributed by atoms with van der Waals surface area (Å²) in [7, 11) is 0. The maximum atomic E-state index is 3.79. The van der Waals surface area contributed by atoms with E-state index in [0.29, 0.717) is 0 Å². The summed E-state index contributed by atoms with van der Waals surface area (Å²) in [6.07, 6.45) is 6.99. The van der Waals surface area contributed by atoms with E-state index in [2.05, 4.69) is 35.8 Å². The van der Waals surface area contributed by atoms with Gasteiger partial charge in [-0.05, 0) is 38.6 Å². The van der Waals surface area contributed by atoms with Gasteiger partial charge < -0.3 is 5.32 Å². The number of nitrogens with one attached hydrogen (secondary N) is 1. The van der Waals surface area contributed by atoms with Gasteiger partial charge in [0, 0.05) is 36.7 Å². The van der Waals surface area contributed by atoms with E-state index < -0.39 is 0 Å². The van der Waals surface area contributed by atoms with E-state index in [4.69, 9.17) is 0 Å². The molecule has 3 heteroatoms. The summed E-state index contributed by atoms with van der Waals surface area (Å²) in [6, 6.07) is 1.58. The zero-order valence-corrected chi connectivity index (χ0v) is 13.0. The predicted molar refractivity (Wildman–Crippen MR) is 82.4 cm³/mol. The highest BCUT2D eigenvalue weighted by atomic mass is 32.2. The van der Waals surface area contributed by atoms with E-state index in [1.807, 2.05) is 0 Å². The fraction of sp³-hybridized carbons (Fsp3) is 1.00. The Bertz CT molecular complexity index is 235. The zero-order chi connectivity index (χ0) is 12.8. The molecule has 1 saturated heterocycles. The average molecular weight is 270 g/mol. The molecule has 1 heterocycles. The fourth-order valence-electron chi connectivity index (χ4n) is 3.36. The van der Waals surface area contributed by atoms with Gasteiger partial charge in [-0.2, -0.15) is 11.8 Å². The second-order valence-electron chi connectivity index (χ2n) is 6.02. The summed E-state index contributed by atoms with van der Waals surface area (Å²) in [6.45, 7) is 8.52. The van der Waals surface area contributed by atoms with E-state index in [1.165, 1.54) is 63.2 Å². The van der Waals surface area contributed by atoms with Gasteiger partial charge in [-0.3, -0.25) is 4.90 Å². The molecule has 0 amide bonds. The summed E-state index contributed by atoms with van der Waals surface area (Å²) >= 11 is 2.13. The molecule has 2 rings (SSSR count). The molecule has 0 aromatic rings. The Balaban J connectivity index is 1.83. The lowest BCUT2D eigenvalue weighted by atomic mass is 9.83. The monoisotopic (exact) mass is 270 g/mol. The highest BCUT2D eigenvalue weighted by Gasteiger charge is 2.28. The molecule has 2 fully saturated rings. The molecule has 0 aromatic carbocycles. The number of nitrogens with zero attached hydrogens (tertiary/aromatic N) is 1. The number of hydrogen-bond donors (Lipinski definition) is 1. The summed E-state index contributed by atoms with van der Waals surface area (Å²) in [5, 5.41) is 3.79. The van der Waals surface area contributed by atoms with Gasteiger partial charge >= 0.3 is 0 Å². The van der Waals surface area contributed by atoms with Crippen molar-refractivity contribution in [1.82, 2.24) is 10.2 Å². The van der Waals surface area contributed by atoms with Crippen LogP contribution in [0.1, 0.15) is 46.0 Å². The summed E-state index contributed by atoms with van der Waals surface area (Å²) in [5.41, 5.74) is 0. The minimum absolute atomic E-state index is 0.789. The Kier molecular flexibility index (Phi) is 6.33. The molecule has 1 N–H and O–H groups in total. The van der Waals surface area contributed by atoms with Crippen molar-refractivity contribution in [3.63, 3.8) is 0 Å². The van der Waals surface area contributed by atoms with Crippen molar-refractivity contribution in [2.24, 2.45) is 5.92 Å². The van der Waals surface area contributed by atoms with E-state index >= 15 is 0 Å². The molecule has 0 aromatic heterocycles. The van der Waals surface area contributed by atoms with Crippen molar-refractivity contribution in [2.75, 3.05) is 31.1 Å². The van der Waals surface area contributed by atoms with Crippen molar-refractivity contribution >= 4 is 11.8 Å². The molecule has 3 unspecified atom stereocenters. The molecule has 1 aliphatic carbocycles. The maximum Gasteiger partial charge on any atom is 0.0158 e. The van der Waals surface area contributed by atoms with Gasteiger partial charge in [0.05, 0.1) is 0 Å².